The Balaban J connectivity index is 1.95. The number of benzene rings is 2. The molecule has 0 spiro atoms. The number of hydrogen-bond donors (Lipinski definition) is 0. The quantitative estimate of drug-likeness (QED) is 0.572. The minimum Gasteiger partial charge on any atom is -0.494 e. The van der Waals surface area contributed by atoms with Crippen LogP contribution in [0.25, 0.3) is 21.9 Å². The molecule has 2 aromatic carbocycles. The van der Waals surface area contributed by atoms with Crippen molar-refractivity contribution in [1.29, 1.82) is 0 Å². The van der Waals surface area contributed by atoms with E-state index in [1.807, 2.05) is 6.92 Å². The molecular formula is C19H17F3O4. The van der Waals surface area contributed by atoms with Crippen LogP contribution in [0.5, 0.6) is 11.5 Å². The highest BCUT2D eigenvalue weighted by molar-refractivity contribution is 5.90. The second-order valence-electron chi connectivity index (χ2n) is 5.81. The first-order chi connectivity index (χ1) is 12.4. The normalized spacial score (nSPS) is 11.8. The van der Waals surface area contributed by atoms with Gasteiger partial charge in [-0.25, -0.2) is 0 Å². The lowest BCUT2D eigenvalue weighted by Gasteiger charge is -2.10. The molecule has 1 heterocycles. The van der Waals surface area contributed by atoms with E-state index in [9.17, 15) is 18.0 Å². The van der Waals surface area contributed by atoms with Crippen LogP contribution >= 0.6 is 0 Å². The van der Waals surface area contributed by atoms with E-state index < -0.39 is 19.2 Å². The Morgan fingerprint density at radius 2 is 1.46 bits per heavy atom. The van der Waals surface area contributed by atoms with Crippen LogP contribution in [0, 0.1) is 0 Å². The van der Waals surface area contributed by atoms with Crippen LogP contribution < -0.4 is 14.9 Å². The van der Waals surface area contributed by atoms with Gasteiger partial charge in [0, 0.05) is 0 Å². The summed E-state index contributed by atoms with van der Waals surface area (Å²) in [6.45, 7) is 1.99. The Kier molecular flexibility index (Phi) is 5.06. The van der Waals surface area contributed by atoms with Crippen LogP contribution in [0.2, 0.25) is 0 Å². The summed E-state index contributed by atoms with van der Waals surface area (Å²) < 4.78 is 53.0. The van der Waals surface area contributed by atoms with Crippen molar-refractivity contribution in [2.75, 3.05) is 13.2 Å². The van der Waals surface area contributed by atoms with Crippen molar-refractivity contribution in [3.05, 3.63) is 46.6 Å². The predicted molar refractivity (Wildman–Crippen MR) is 91.9 cm³/mol. The SMILES string of the molecule is CCCOc1ccc2oc3ccc(OCCC(F)(F)F)cc3c(=O)c2c1. The molecule has 0 unspecified atom stereocenters. The maximum atomic E-state index is 12.7. The lowest BCUT2D eigenvalue weighted by Crippen LogP contribution is -2.13. The molecule has 0 radical (unpaired) electrons. The molecule has 0 bridgehead atoms. The van der Waals surface area contributed by atoms with Crippen molar-refractivity contribution >= 4 is 21.9 Å². The summed E-state index contributed by atoms with van der Waals surface area (Å²) in [6, 6.07) is 9.38. The Morgan fingerprint density at radius 1 is 0.923 bits per heavy atom. The second kappa shape index (κ2) is 7.27. The number of halogens is 3. The Bertz CT molecular complexity index is 976. The fourth-order valence-electron chi connectivity index (χ4n) is 2.50. The van der Waals surface area contributed by atoms with Crippen LogP contribution in [0.15, 0.2) is 45.6 Å². The molecule has 0 aliphatic carbocycles. The number of alkyl halides is 3. The average Bonchev–Trinajstić information content (AvgIpc) is 2.60. The van der Waals surface area contributed by atoms with E-state index in [1.54, 1.807) is 18.2 Å². The van der Waals surface area contributed by atoms with Gasteiger partial charge in [0.15, 0.2) is 0 Å². The molecule has 26 heavy (non-hydrogen) atoms. The maximum Gasteiger partial charge on any atom is 0.392 e. The summed E-state index contributed by atoms with van der Waals surface area (Å²) in [6.07, 6.45) is -4.51. The molecule has 138 valence electrons. The van der Waals surface area contributed by atoms with Crippen LogP contribution in [0.1, 0.15) is 19.8 Å². The third-order valence-corrected chi connectivity index (χ3v) is 3.74. The summed E-state index contributed by atoms with van der Waals surface area (Å²) in [5, 5.41) is 0.591. The van der Waals surface area contributed by atoms with Crippen LogP contribution in [0.4, 0.5) is 13.2 Å². The van der Waals surface area contributed by atoms with Gasteiger partial charge >= 0.3 is 6.18 Å². The molecule has 0 amide bonds. The maximum absolute atomic E-state index is 12.7. The number of hydrogen-bond acceptors (Lipinski definition) is 4. The van der Waals surface area contributed by atoms with E-state index in [-0.39, 0.29) is 16.6 Å². The highest BCUT2D eigenvalue weighted by Crippen LogP contribution is 2.26. The van der Waals surface area contributed by atoms with Crippen molar-refractivity contribution in [2.45, 2.75) is 25.9 Å². The van der Waals surface area contributed by atoms with Gasteiger partial charge in [-0.2, -0.15) is 13.2 Å². The summed E-state index contributed by atoms with van der Waals surface area (Å²) in [5.41, 5.74) is 0.467. The molecule has 0 saturated carbocycles. The van der Waals surface area contributed by atoms with Crippen molar-refractivity contribution in [2.24, 2.45) is 0 Å². The highest BCUT2D eigenvalue weighted by Gasteiger charge is 2.26. The molecule has 0 saturated heterocycles. The van der Waals surface area contributed by atoms with Crippen molar-refractivity contribution in [3.63, 3.8) is 0 Å². The first kappa shape index (κ1) is 18.1. The summed E-state index contributed by atoms with van der Waals surface area (Å²) in [7, 11) is 0. The van der Waals surface area contributed by atoms with Crippen LogP contribution in [-0.4, -0.2) is 19.4 Å². The molecule has 0 N–H and O–H groups in total. The fourth-order valence-corrected chi connectivity index (χ4v) is 2.50. The molecule has 0 atom stereocenters. The smallest absolute Gasteiger partial charge is 0.392 e. The van der Waals surface area contributed by atoms with Gasteiger partial charge in [0.25, 0.3) is 0 Å². The first-order valence-corrected chi connectivity index (χ1v) is 8.20. The summed E-state index contributed by atoms with van der Waals surface area (Å²) in [5.74, 6) is 0.746. The van der Waals surface area contributed by atoms with E-state index in [4.69, 9.17) is 13.9 Å². The zero-order chi connectivity index (χ0) is 18.7. The molecule has 7 heteroatoms. The monoisotopic (exact) mass is 366 g/mol. The lowest BCUT2D eigenvalue weighted by atomic mass is 10.1. The van der Waals surface area contributed by atoms with Gasteiger partial charge in [-0.15, -0.1) is 0 Å². The fraction of sp³-hybridized carbons (Fsp3) is 0.316. The van der Waals surface area contributed by atoms with Crippen molar-refractivity contribution < 1.29 is 27.1 Å². The summed E-state index contributed by atoms with van der Waals surface area (Å²) in [4.78, 5) is 12.7. The first-order valence-electron chi connectivity index (χ1n) is 8.20. The minimum absolute atomic E-state index is 0.187. The summed E-state index contributed by atoms with van der Waals surface area (Å²) >= 11 is 0. The minimum atomic E-state index is -4.29. The van der Waals surface area contributed by atoms with E-state index in [0.29, 0.717) is 28.9 Å². The van der Waals surface area contributed by atoms with E-state index in [1.165, 1.54) is 18.2 Å². The third kappa shape index (κ3) is 4.09. The van der Waals surface area contributed by atoms with Gasteiger partial charge in [-0.1, -0.05) is 6.92 Å². The zero-order valence-corrected chi connectivity index (χ0v) is 14.1. The van der Waals surface area contributed by atoms with Crippen LogP contribution in [-0.2, 0) is 0 Å². The Hall–Kier alpha value is -2.70. The van der Waals surface area contributed by atoms with Gasteiger partial charge < -0.3 is 13.9 Å². The highest BCUT2D eigenvalue weighted by atomic mass is 19.4. The van der Waals surface area contributed by atoms with Gasteiger partial charge in [0.2, 0.25) is 5.43 Å². The van der Waals surface area contributed by atoms with Gasteiger partial charge in [0.05, 0.1) is 30.4 Å². The topological polar surface area (TPSA) is 48.7 Å². The van der Waals surface area contributed by atoms with Crippen molar-refractivity contribution in [3.8, 4) is 11.5 Å². The number of ether oxygens (including phenoxy) is 2. The molecule has 0 fully saturated rings. The average molecular weight is 366 g/mol. The second-order valence-corrected chi connectivity index (χ2v) is 5.81. The van der Waals surface area contributed by atoms with Gasteiger partial charge in [0.1, 0.15) is 22.7 Å². The zero-order valence-electron chi connectivity index (χ0n) is 14.1. The van der Waals surface area contributed by atoms with Crippen molar-refractivity contribution in [1.82, 2.24) is 0 Å². The van der Waals surface area contributed by atoms with E-state index in [0.717, 1.165) is 6.42 Å². The molecule has 0 aliphatic rings. The standard InChI is InChI=1S/C19H17F3O4/c1-2-8-24-12-3-5-16-14(10-12)18(23)15-11-13(4-6-17(15)26-16)25-9-7-19(20,21)22/h3-6,10-11H,2,7-9H2,1H3. The molecule has 3 aromatic rings. The molecule has 1 aromatic heterocycles. The molecule has 0 aliphatic heterocycles. The number of rotatable bonds is 6. The third-order valence-electron chi connectivity index (χ3n) is 3.74. The lowest BCUT2D eigenvalue weighted by molar-refractivity contribution is -0.139. The molecule has 4 nitrogen and oxygen atoms in total. The van der Waals surface area contributed by atoms with Gasteiger partial charge in [-0.3, -0.25) is 4.79 Å². The van der Waals surface area contributed by atoms with Gasteiger partial charge in [-0.05, 0) is 42.8 Å². The van der Waals surface area contributed by atoms with Crippen LogP contribution in [0.3, 0.4) is 0 Å². The Morgan fingerprint density at radius 3 is 1.96 bits per heavy atom. The Labute approximate surface area is 147 Å². The molecule has 3 rings (SSSR count). The largest absolute Gasteiger partial charge is 0.494 e. The predicted octanol–water partition coefficient (Wildman–Crippen LogP) is 5.07. The molecular weight excluding hydrogens is 349 g/mol. The number of fused-ring (bicyclic) bond motifs is 2. The van der Waals surface area contributed by atoms with E-state index in [2.05, 4.69) is 0 Å². The van der Waals surface area contributed by atoms with E-state index >= 15 is 0 Å².